The molecule has 2 fully saturated rings. The van der Waals surface area contributed by atoms with Crippen LogP contribution in [0.1, 0.15) is 23.3 Å². The summed E-state index contributed by atoms with van der Waals surface area (Å²) in [5, 5.41) is 2.95. The molecule has 4 rings (SSSR count). The molecule has 27 heavy (non-hydrogen) atoms. The van der Waals surface area contributed by atoms with E-state index in [1.165, 1.54) is 0 Å². The van der Waals surface area contributed by atoms with Crippen molar-refractivity contribution in [2.45, 2.75) is 12.8 Å². The fourth-order valence-electron chi connectivity index (χ4n) is 3.51. The second-order valence-electron chi connectivity index (χ2n) is 6.68. The van der Waals surface area contributed by atoms with Crippen molar-refractivity contribution in [1.82, 2.24) is 0 Å². The van der Waals surface area contributed by atoms with Gasteiger partial charge in [0.2, 0.25) is 5.91 Å². The van der Waals surface area contributed by atoms with Crippen LogP contribution in [-0.4, -0.2) is 44.7 Å². The summed E-state index contributed by atoms with van der Waals surface area (Å²) in [5.41, 5.74) is 2.85. The van der Waals surface area contributed by atoms with Crippen molar-refractivity contribution in [2.24, 2.45) is 0 Å². The highest BCUT2D eigenvalue weighted by Gasteiger charge is 2.25. The smallest absolute Gasteiger partial charge is 0.320 e. The first-order valence-electron chi connectivity index (χ1n) is 9.27. The molecule has 140 valence electrons. The predicted octanol–water partition coefficient (Wildman–Crippen LogP) is 1.72. The minimum atomic E-state index is -0.232. The van der Waals surface area contributed by atoms with Gasteiger partial charge in [-0.25, -0.2) is 4.98 Å². The first-order valence-corrected chi connectivity index (χ1v) is 9.27. The van der Waals surface area contributed by atoms with Gasteiger partial charge in [0.05, 0.1) is 24.6 Å². The van der Waals surface area contributed by atoms with Crippen molar-refractivity contribution in [3.05, 3.63) is 48.3 Å². The molecule has 0 atom stereocenters. The lowest BCUT2D eigenvalue weighted by atomic mass is 10.2. The highest BCUT2D eigenvalue weighted by atomic mass is 16.5. The zero-order valence-electron chi connectivity index (χ0n) is 15.1. The van der Waals surface area contributed by atoms with Crippen molar-refractivity contribution in [1.29, 1.82) is 0 Å². The number of morpholine rings is 1. The fraction of sp³-hybridized carbons (Fsp3) is 0.350. The maximum atomic E-state index is 12.8. The number of ether oxygens (including phenoxy) is 1. The number of amides is 2. The van der Waals surface area contributed by atoms with Gasteiger partial charge in [-0.05, 0) is 18.6 Å². The lowest BCUT2D eigenvalue weighted by Crippen LogP contribution is -2.37. The molecule has 0 bridgehead atoms. The number of H-pyrrole nitrogens is 1. The van der Waals surface area contributed by atoms with Crippen molar-refractivity contribution in [3.63, 3.8) is 0 Å². The molecule has 1 aromatic carbocycles. The third-order valence-corrected chi connectivity index (χ3v) is 4.92. The Labute approximate surface area is 157 Å². The van der Waals surface area contributed by atoms with E-state index in [1.807, 2.05) is 36.4 Å². The van der Waals surface area contributed by atoms with E-state index < -0.39 is 0 Å². The van der Waals surface area contributed by atoms with E-state index in [0.29, 0.717) is 37.6 Å². The first kappa shape index (κ1) is 17.5. The molecule has 0 saturated carbocycles. The van der Waals surface area contributed by atoms with Crippen LogP contribution in [0.5, 0.6) is 0 Å². The number of aromatic nitrogens is 1. The normalized spacial score (nSPS) is 17.3. The molecule has 0 unspecified atom stereocenters. The van der Waals surface area contributed by atoms with E-state index in [2.05, 4.69) is 15.2 Å². The van der Waals surface area contributed by atoms with Crippen molar-refractivity contribution in [2.75, 3.05) is 48.0 Å². The van der Waals surface area contributed by atoms with Crippen LogP contribution in [0.15, 0.2) is 42.6 Å². The van der Waals surface area contributed by atoms with Crippen LogP contribution in [0.25, 0.3) is 0 Å². The summed E-state index contributed by atoms with van der Waals surface area (Å²) in [5.74, 6) is -0.137. The summed E-state index contributed by atoms with van der Waals surface area (Å²) >= 11 is 0. The van der Waals surface area contributed by atoms with Gasteiger partial charge in [-0.1, -0.05) is 12.1 Å². The Morgan fingerprint density at radius 1 is 1.11 bits per heavy atom. The van der Waals surface area contributed by atoms with Crippen LogP contribution >= 0.6 is 0 Å². The standard InChI is InChI=1S/C20H22N4O3/c25-19-6-3-9-24(19)18-5-2-1-4-16(18)22-20(26)17-14-15(7-8-21-17)23-10-12-27-13-11-23/h1-2,4-5,7-8,14H,3,6,9-13H2,(H,22,26)/p+1. The van der Waals surface area contributed by atoms with Crippen LogP contribution in [0.3, 0.4) is 0 Å². The third kappa shape index (κ3) is 3.78. The molecule has 2 aliphatic heterocycles. The molecule has 2 amide bonds. The van der Waals surface area contributed by atoms with Gasteiger partial charge in [0.15, 0.2) is 6.20 Å². The van der Waals surface area contributed by atoms with Gasteiger partial charge >= 0.3 is 5.91 Å². The van der Waals surface area contributed by atoms with Crippen LogP contribution < -0.4 is 20.1 Å². The van der Waals surface area contributed by atoms with Crippen LogP contribution in [0, 0.1) is 0 Å². The average Bonchev–Trinajstić information content (AvgIpc) is 3.15. The summed E-state index contributed by atoms with van der Waals surface area (Å²) < 4.78 is 5.39. The summed E-state index contributed by atoms with van der Waals surface area (Å²) in [6.07, 6.45) is 3.17. The van der Waals surface area contributed by atoms with E-state index in [0.717, 1.165) is 30.9 Å². The van der Waals surface area contributed by atoms with Gasteiger partial charge in [-0.3, -0.25) is 9.59 Å². The van der Waals surface area contributed by atoms with Crippen LogP contribution in [0.2, 0.25) is 0 Å². The number of hydrogen-bond donors (Lipinski definition) is 1. The lowest BCUT2D eigenvalue weighted by Gasteiger charge is -2.28. The molecule has 2 N–H and O–H groups in total. The maximum absolute atomic E-state index is 12.8. The molecular formula is C20H23N4O3+. The molecular weight excluding hydrogens is 344 g/mol. The highest BCUT2D eigenvalue weighted by molar-refractivity contribution is 6.06. The first-order chi connectivity index (χ1) is 13.2. The molecule has 2 aromatic rings. The Hall–Kier alpha value is -2.93. The molecule has 3 heterocycles. The minimum Gasteiger partial charge on any atom is -0.378 e. The monoisotopic (exact) mass is 367 g/mol. The number of hydrogen-bond acceptors (Lipinski definition) is 4. The largest absolute Gasteiger partial charge is 0.378 e. The zero-order chi connectivity index (χ0) is 18.6. The van der Waals surface area contributed by atoms with E-state index in [-0.39, 0.29) is 11.8 Å². The number of benzene rings is 1. The molecule has 1 aromatic heterocycles. The topological polar surface area (TPSA) is 76.0 Å². The Morgan fingerprint density at radius 2 is 1.93 bits per heavy atom. The fourth-order valence-corrected chi connectivity index (χ4v) is 3.51. The molecule has 7 heteroatoms. The van der Waals surface area contributed by atoms with Gasteiger partial charge < -0.3 is 19.9 Å². The number of nitrogens with zero attached hydrogens (tertiary/aromatic N) is 2. The Kier molecular flexibility index (Phi) is 5.02. The molecule has 2 saturated heterocycles. The highest BCUT2D eigenvalue weighted by Crippen LogP contribution is 2.29. The number of pyridine rings is 1. The Bertz CT molecular complexity index is 849. The predicted molar refractivity (Wildman–Crippen MR) is 102 cm³/mol. The van der Waals surface area contributed by atoms with Crippen LogP contribution in [0.4, 0.5) is 17.1 Å². The quantitative estimate of drug-likeness (QED) is 0.893. The van der Waals surface area contributed by atoms with Gasteiger partial charge in [0.1, 0.15) is 0 Å². The van der Waals surface area contributed by atoms with Gasteiger partial charge in [0, 0.05) is 43.9 Å². The van der Waals surface area contributed by atoms with Crippen molar-refractivity contribution >= 4 is 28.9 Å². The maximum Gasteiger partial charge on any atom is 0.320 e. The van der Waals surface area contributed by atoms with Gasteiger partial charge in [-0.15, -0.1) is 0 Å². The van der Waals surface area contributed by atoms with Crippen LogP contribution in [-0.2, 0) is 9.53 Å². The second-order valence-corrected chi connectivity index (χ2v) is 6.68. The summed E-state index contributed by atoms with van der Waals surface area (Å²) in [6, 6.07) is 11.2. The number of aromatic amines is 1. The SMILES string of the molecule is O=C(Nc1ccccc1N1CCCC1=O)c1cc(N2CCOCC2)cc[nH+]1. The van der Waals surface area contributed by atoms with Crippen molar-refractivity contribution in [3.8, 4) is 0 Å². The summed E-state index contributed by atoms with van der Waals surface area (Å²) in [7, 11) is 0. The second kappa shape index (κ2) is 7.75. The lowest BCUT2D eigenvalue weighted by molar-refractivity contribution is -0.381. The van der Waals surface area contributed by atoms with Crippen molar-refractivity contribution < 1.29 is 19.3 Å². The molecule has 0 aliphatic carbocycles. The number of anilines is 3. The van der Waals surface area contributed by atoms with E-state index >= 15 is 0 Å². The Balaban J connectivity index is 1.54. The summed E-state index contributed by atoms with van der Waals surface area (Å²) in [6.45, 7) is 3.69. The van der Waals surface area contributed by atoms with E-state index in [1.54, 1.807) is 11.1 Å². The zero-order valence-corrected chi connectivity index (χ0v) is 15.1. The molecule has 2 aliphatic rings. The number of para-hydroxylation sites is 2. The summed E-state index contributed by atoms with van der Waals surface area (Å²) in [4.78, 5) is 31.9. The van der Waals surface area contributed by atoms with E-state index in [9.17, 15) is 9.59 Å². The number of carbonyl (C=O) groups is 2. The number of nitrogens with one attached hydrogen (secondary N) is 2. The molecule has 0 radical (unpaired) electrons. The third-order valence-electron chi connectivity index (χ3n) is 4.92. The van der Waals surface area contributed by atoms with Gasteiger partial charge in [-0.2, -0.15) is 0 Å². The molecule has 0 spiro atoms. The number of carbonyl (C=O) groups excluding carboxylic acids is 2. The average molecular weight is 367 g/mol. The Morgan fingerprint density at radius 3 is 2.70 bits per heavy atom. The number of rotatable bonds is 4. The van der Waals surface area contributed by atoms with E-state index in [4.69, 9.17) is 4.74 Å². The molecule has 7 nitrogen and oxygen atoms in total. The van der Waals surface area contributed by atoms with Gasteiger partial charge in [0.25, 0.3) is 5.69 Å². The minimum absolute atomic E-state index is 0.0950.